The average molecular weight is 293 g/mol. The minimum absolute atomic E-state index is 0.0729. The zero-order chi connectivity index (χ0) is 14.9. The molecule has 2 rings (SSSR count). The minimum Gasteiger partial charge on any atom is -0.398 e. The van der Waals surface area contributed by atoms with Crippen LogP contribution < -0.4 is 5.73 Å². The summed E-state index contributed by atoms with van der Waals surface area (Å²) >= 11 is 0. The normalized spacial score (nSPS) is 13.8. The second-order valence-electron chi connectivity index (χ2n) is 4.83. The maximum Gasteiger partial charge on any atom is 0.245 e. The van der Waals surface area contributed by atoms with Gasteiger partial charge in [0.1, 0.15) is 4.90 Å². The number of hydrogen-bond donors (Lipinski definition) is 1. The molecule has 2 N–H and O–H groups in total. The molecule has 0 saturated carbocycles. The van der Waals surface area contributed by atoms with E-state index in [1.54, 1.807) is 31.4 Å². The second-order valence-corrected chi connectivity index (χ2v) is 6.80. The Labute approximate surface area is 119 Å². The first-order chi connectivity index (χ1) is 9.39. The van der Waals surface area contributed by atoms with Gasteiger partial charge in [0.05, 0.1) is 5.52 Å². The minimum atomic E-state index is -3.58. The van der Waals surface area contributed by atoms with Crippen LogP contribution in [0.1, 0.15) is 20.3 Å². The monoisotopic (exact) mass is 293 g/mol. The van der Waals surface area contributed by atoms with Gasteiger partial charge in [-0.15, -0.1) is 0 Å². The summed E-state index contributed by atoms with van der Waals surface area (Å²) in [5.74, 6) is 0. The number of sulfonamides is 1. The van der Waals surface area contributed by atoms with Gasteiger partial charge in [-0.3, -0.25) is 4.98 Å². The third-order valence-corrected chi connectivity index (χ3v) is 5.64. The van der Waals surface area contributed by atoms with Crippen LogP contribution >= 0.6 is 0 Å². The van der Waals surface area contributed by atoms with Crippen LogP contribution in [-0.4, -0.2) is 30.8 Å². The van der Waals surface area contributed by atoms with Crippen LogP contribution in [0.25, 0.3) is 10.9 Å². The highest BCUT2D eigenvalue weighted by molar-refractivity contribution is 7.89. The fraction of sp³-hybridized carbons (Fsp3) is 0.357. The van der Waals surface area contributed by atoms with Crippen LogP contribution in [0.4, 0.5) is 5.69 Å². The van der Waals surface area contributed by atoms with Crippen molar-refractivity contribution in [3.8, 4) is 0 Å². The van der Waals surface area contributed by atoms with Gasteiger partial charge >= 0.3 is 0 Å². The van der Waals surface area contributed by atoms with E-state index in [1.165, 1.54) is 10.4 Å². The molecule has 1 aromatic heterocycles. The number of pyridine rings is 1. The predicted octanol–water partition coefficient (Wildman–Crippen LogP) is 2.24. The number of nitrogen functional groups attached to an aromatic ring is 1. The molecule has 0 amide bonds. The van der Waals surface area contributed by atoms with E-state index in [0.717, 1.165) is 6.42 Å². The molecule has 20 heavy (non-hydrogen) atoms. The molecule has 108 valence electrons. The molecule has 0 radical (unpaired) electrons. The van der Waals surface area contributed by atoms with Crippen LogP contribution in [0.5, 0.6) is 0 Å². The highest BCUT2D eigenvalue weighted by atomic mass is 32.2. The molecule has 0 saturated heterocycles. The van der Waals surface area contributed by atoms with Crippen molar-refractivity contribution < 1.29 is 8.42 Å². The van der Waals surface area contributed by atoms with E-state index in [0.29, 0.717) is 16.6 Å². The van der Waals surface area contributed by atoms with Gasteiger partial charge in [-0.1, -0.05) is 6.92 Å². The molecule has 0 fully saturated rings. The largest absolute Gasteiger partial charge is 0.398 e. The fourth-order valence-corrected chi connectivity index (χ4v) is 3.61. The summed E-state index contributed by atoms with van der Waals surface area (Å²) in [6.07, 6.45) is 2.32. The molecule has 1 heterocycles. The van der Waals surface area contributed by atoms with Crippen LogP contribution in [-0.2, 0) is 10.0 Å². The van der Waals surface area contributed by atoms with Gasteiger partial charge in [-0.05, 0) is 37.6 Å². The van der Waals surface area contributed by atoms with Crippen molar-refractivity contribution in [3.05, 3.63) is 30.5 Å². The van der Waals surface area contributed by atoms with Gasteiger partial charge < -0.3 is 5.73 Å². The van der Waals surface area contributed by atoms with Crippen LogP contribution in [0.2, 0.25) is 0 Å². The summed E-state index contributed by atoms with van der Waals surface area (Å²) in [6.45, 7) is 3.83. The number of fused-ring (bicyclic) bond motifs is 1. The number of benzene rings is 1. The van der Waals surface area contributed by atoms with Crippen molar-refractivity contribution in [1.82, 2.24) is 9.29 Å². The highest BCUT2D eigenvalue weighted by Gasteiger charge is 2.27. The molecule has 2 aromatic rings. The first-order valence-electron chi connectivity index (χ1n) is 6.50. The Hall–Kier alpha value is -1.66. The Bertz CT molecular complexity index is 728. The lowest BCUT2D eigenvalue weighted by atomic mass is 10.2. The van der Waals surface area contributed by atoms with Gasteiger partial charge in [0.15, 0.2) is 0 Å². The molecule has 0 aliphatic rings. The molecule has 5 nitrogen and oxygen atoms in total. The number of nitrogens with two attached hydrogens (primary N) is 1. The molecule has 1 aromatic carbocycles. The topological polar surface area (TPSA) is 76.3 Å². The molecule has 0 aliphatic heterocycles. The standard InChI is InChI=1S/C14H19N3O2S/c1-4-10(2)17(3)20(18,19)13-8-7-12(15)11-6-5-9-16-14(11)13/h5-10H,4,15H2,1-3H3. The summed E-state index contributed by atoms with van der Waals surface area (Å²) < 4.78 is 26.8. The number of anilines is 1. The lowest BCUT2D eigenvalue weighted by Crippen LogP contribution is -2.34. The average Bonchev–Trinajstić information content (AvgIpc) is 2.46. The van der Waals surface area contributed by atoms with Gasteiger partial charge in [-0.25, -0.2) is 8.42 Å². The quantitative estimate of drug-likeness (QED) is 0.877. The van der Waals surface area contributed by atoms with Crippen molar-refractivity contribution in [2.45, 2.75) is 31.2 Å². The van der Waals surface area contributed by atoms with Crippen molar-refractivity contribution in [2.24, 2.45) is 0 Å². The van der Waals surface area contributed by atoms with Gasteiger partial charge in [0, 0.05) is 30.4 Å². The fourth-order valence-electron chi connectivity index (χ4n) is 2.03. The first kappa shape index (κ1) is 14.7. The van der Waals surface area contributed by atoms with E-state index in [1.807, 2.05) is 13.8 Å². The molecule has 0 spiro atoms. The van der Waals surface area contributed by atoms with Crippen molar-refractivity contribution >= 4 is 26.6 Å². The summed E-state index contributed by atoms with van der Waals surface area (Å²) in [5.41, 5.74) is 6.83. The maximum atomic E-state index is 12.7. The van der Waals surface area contributed by atoms with Crippen LogP contribution in [0.15, 0.2) is 35.4 Å². The lowest BCUT2D eigenvalue weighted by molar-refractivity contribution is 0.381. The third-order valence-electron chi connectivity index (χ3n) is 3.63. The van der Waals surface area contributed by atoms with Crippen molar-refractivity contribution in [3.63, 3.8) is 0 Å². The Kier molecular flexibility index (Phi) is 3.96. The molecular weight excluding hydrogens is 274 g/mol. The van der Waals surface area contributed by atoms with Crippen LogP contribution in [0, 0.1) is 0 Å². The number of rotatable bonds is 4. The number of hydrogen-bond acceptors (Lipinski definition) is 4. The lowest BCUT2D eigenvalue weighted by Gasteiger charge is -2.23. The van der Waals surface area contributed by atoms with E-state index in [-0.39, 0.29) is 10.9 Å². The Morgan fingerprint density at radius 2 is 2.05 bits per heavy atom. The number of aromatic nitrogens is 1. The molecule has 0 bridgehead atoms. The Morgan fingerprint density at radius 1 is 1.35 bits per heavy atom. The zero-order valence-electron chi connectivity index (χ0n) is 11.9. The smallest absolute Gasteiger partial charge is 0.245 e. The van der Waals surface area contributed by atoms with Crippen molar-refractivity contribution in [2.75, 3.05) is 12.8 Å². The van der Waals surface area contributed by atoms with E-state index >= 15 is 0 Å². The van der Waals surface area contributed by atoms with Crippen LogP contribution in [0.3, 0.4) is 0 Å². The summed E-state index contributed by atoms with van der Waals surface area (Å²) in [7, 11) is -1.99. The Balaban J connectivity index is 2.67. The van der Waals surface area contributed by atoms with E-state index in [4.69, 9.17) is 5.73 Å². The molecule has 6 heteroatoms. The zero-order valence-corrected chi connectivity index (χ0v) is 12.7. The summed E-state index contributed by atoms with van der Waals surface area (Å²) in [6, 6.07) is 6.59. The third kappa shape index (κ3) is 2.36. The second kappa shape index (κ2) is 5.38. The highest BCUT2D eigenvalue weighted by Crippen LogP contribution is 2.28. The summed E-state index contributed by atoms with van der Waals surface area (Å²) in [4.78, 5) is 4.39. The molecule has 1 atom stereocenters. The van der Waals surface area contributed by atoms with Gasteiger partial charge in [-0.2, -0.15) is 4.31 Å². The molecular formula is C14H19N3O2S. The Morgan fingerprint density at radius 3 is 2.70 bits per heavy atom. The maximum absolute atomic E-state index is 12.7. The van der Waals surface area contributed by atoms with E-state index in [2.05, 4.69) is 4.98 Å². The predicted molar refractivity (Wildman–Crippen MR) is 80.9 cm³/mol. The van der Waals surface area contributed by atoms with E-state index < -0.39 is 10.0 Å². The van der Waals surface area contributed by atoms with Gasteiger partial charge in [0.2, 0.25) is 10.0 Å². The molecule has 0 aliphatic carbocycles. The summed E-state index contributed by atoms with van der Waals surface area (Å²) in [5, 5.41) is 0.658. The SMILES string of the molecule is CCC(C)N(C)S(=O)(=O)c1ccc(N)c2cccnc12. The van der Waals surface area contributed by atoms with Crippen molar-refractivity contribution in [1.29, 1.82) is 0 Å². The first-order valence-corrected chi connectivity index (χ1v) is 7.94. The van der Waals surface area contributed by atoms with Gasteiger partial charge in [0.25, 0.3) is 0 Å². The molecule has 1 unspecified atom stereocenters. The number of nitrogens with zero attached hydrogens (tertiary/aromatic N) is 2. The van der Waals surface area contributed by atoms with E-state index in [9.17, 15) is 8.42 Å².